The Labute approximate surface area is 747 Å². The number of carbonyl (C=O) groups excluding carboxylic acids is 20. The van der Waals surface area contributed by atoms with Gasteiger partial charge in [0.15, 0.2) is 0 Å². The van der Waals surface area contributed by atoms with Crippen LogP contribution < -0.4 is 53.6 Å². The molecule has 129 heavy (non-hydrogen) atoms. The summed E-state index contributed by atoms with van der Waals surface area (Å²) in [5.74, 6) is -11.8. The lowest BCUT2D eigenvalue weighted by atomic mass is 10.1. The van der Waals surface area contributed by atoms with Gasteiger partial charge in [0.2, 0.25) is 118 Å². The van der Waals surface area contributed by atoms with Crippen molar-refractivity contribution in [1.82, 2.24) is 107 Å². The lowest BCUT2D eigenvalue weighted by Crippen LogP contribution is -2.57. The molecule has 13 heterocycles. The van der Waals surface area contributed by atoms with E-state index in [-0.39, 0.29) is 148 Å². The smallest absolute Gasteiger partial charge is 0.322 e. The number of likely N-dealkylation sites (tertiary alicyclic amines) is 12. The Morgan fingerprint density at radius 1 is 0.264 bits per heavy atom. The highest BCUT2D eigenvalue weighted by atomic mass is 16.4. The molecule has 0 aliphatic carbocycles. The van der Waals surface area contributed by atoms with Crippen LogP contribution in [-0.4, -0.2) is 410 Å². The molecule has 14 atom stereocenters. The van der Waals surface area contributed by atoms with Gasteiger partial charge >= 0.3 is 5.97 Å². The summed E-state index contributed by atoms with van der Waals surface area (Å²) >= 11 is 0. The predicted molar refractivity (Wildman–Crippen MR) is 451 cm³/mol. The first-order chi connectivity index (χ1) is 62.1. The highest BCUT2D eigenvalue weighted by molar-refractivity contribution is 6.02. The summed E-state index contributed by atoms with van der Waals surface area (Å²) in [5.41, 5.74) is 5.82. The third-order valence-electron chi connectivity index (χ3n) is 28.0. The molecule has 44 nitrogen and oxygen atoms in total. The molecule has 12 N–H and O–H groups in total. The van der Waals surface area contributed by atoms with Crippen molar-refractivity contribution in [1.29, 1.82) is 0 Å². The number of hydrogen-bond donors (Lipinski definition) is 11. The summed E-state index contributed by atoms with van der Waals surface area (Å²) in [5, 5.41) is 33.3. The largest absolute Gasteiger partial charge is 0.480 e. The van der Waals surface area contributed by atoms with Crippen molar-refractivity contribution in [3.8, 4) is 0 Å². The maximum absolute atomic E-state index is 14.5. The van der Waals surface area contributed by atoms with Crippen LogP contribution in [-0.2, 0) is 101 Å². The molecule has 0 saturated carbocycles. The van der Waals surface area contributed by atoms with Crippen LogP contribution in [0, 0.1) is 0 Å². The molecule has 0 bridgehead atoms. The number of carboxylic acid groups (broad SMARTS) is 1. The molecule has 0 radical (unpaired) electrons. The van der Waals surface area contributed by atoms with Crippen LogP contribution in [0.2, 0.25) is 0 Å². The average molecular weight is 1810 g/mol. The fourth-order valence-corrected chi connectivity index (χ4v) is 21.4. The van der Waals surface area contributed by atoms with Crippen molar-refractivity contribution in [2.24, 2.45) is 5.73 Å². The van der Waals surface area contributed by atoms with E-state index in [2.05, 4.69) is 47.9 Å². The lowest BCUT2D eigenvalue weighted by Gasteiger charge is -2.32. The van der Waals surface area contributed by atoms with E-state index in [1.165, 1.54) is 53.9 Å². The zero-order chi connectivity index (χ0) is 91.9. The second-order valence-electron chi connectivity index (χ2n) is 36.0. The molecule has 0 spiro atoms. The Bertz CT molecular complexity index is 4300. The van der Waals surface area contributed by atoms with Crippen LogP contribution in [0.25, 0.3) is 0 Å². The molecule has 0 aromatic heterocycles. The third kappa shape index (κ3) is 22.1. The zero-order valence-corrected chi connectivity index (χ0v) is 73.4. The fourth-order valence-electron chi connectivity index (χ4n) is 21.4. The van der Waals surface area contributed by atoms with Gasteiger partial charge in [0, 0.05) is 78.5 Å². The first-order valence-electron chi connectivity index (χ1n) is 46.6. The van der Waals surface area contributed by atoms with Gasteiger partial charge in [-0.15, -0.1) is 0 Å². The van der Waals surface area contributed by atoms with Gasteiger partial charge in [-0.2, -0.15) is 0 Å². The van der Waals surface area contributed by atoms with Crippen LogP contribution in [0.15, 0.2) is 0 Å². The summed E-state index contributed by atoms with van der Waals surface area (Å²) in [7, 11) is 0. The second-order valence-corrected chi connectivity index (χ2v) is 36.0. The van der Waals surface area contributed by atoms with Crippen molar-refractivity contribution in [3.63, 3.8) is 0 Å². The average Bonchev–Trinajstić information content (AvgIpc) is 1.66. The van der Waals surface area contributed by atoms with Gasteiger partial charge in [-0.3, -0.25) is 101 Å². The summed E-state index contributed by atoms with van der Waals surface area (Å²) in [4.78, 5) is 306. The van der Waals surface area contributed by atoms with E-state index in [4.69, 9.17) is 10.8 Å². The Balaban J connectivity index is 0.524. The first-order valence-corrected chi connectivity index (χ1v) is 46.6. The molecular weight excluding hydrogens is 1680 g/mol. The summed E-state index contributed by atoms with van der Waals surface area (Å²) in [6, 6.07) is -12.7. The van der Waals surface area contributed by atoms with Crippen LogP contribution in [0.4, 0.5) is 0 Å². The predicted octanol–water partition coefficient (Wildman–Crippen LogP) is -6.86. The van der Waals surface area contributed by atoms with Gasteiger partial charge in [0.25, 0.3) is 0 Å². The number of nitrogens with one attached hydrogen (secondary N) is 9. The van der Waals surface area contributed by atoms with Crippen molar-refractivity contribution >= 4 is 124 Å². The van der Waals surface area contributed by atoms with Gasteiger partial charge < -0.3 is 117 Å². The Morgan fingerprint density at radius 3 is 0.736 bits per heavy atom. The van der Waals surface area contributed by atoms with Gasteiger partial charge in [-0.25, -0.2) is 0 Å². The number of hydrogen-bond acceptors (Lipinski definition) is 23. The summed E-state index contributed by atoms with van der Waals surface area (Å²) < 4.78 is 0. The normalized spacial score (nSPS) is 26.9. The molecule has 13 saturated heterocycles. The molecule has 708 valence electrons. The minimum absolute atomic E-state index is 0.103. The minimum Gasteiger partial charge on any atom is -0.480 e. The van der Waals surface area contributed by atoms with Crippen LogP contribution in [0.5, 0.6) is 0 Å². The molecule has 0 unspecified atom stereocenters. The highest BCUT2D eigenvalue weighted by Gasteiger charge is 2.51. The number of nitrogens with two attached hydrogens (primary N) is 1. The second kappa shape index (κ2) is 43.9. The summed E-state index contributed by atoms with van der Waals surface area (Å²) in [6.07, 6.45) is 11.9. The molecule has 0 aromatic carbocycles. The fraction of sp³-hybridized carbons (Fsp3) is 0.753. The number of nitrogens with zero attached hydrogens (tertiary/aromatic N) is 12. The molecule has 20 amide bonds. The van der Waals surface area contributed by atoms with E-state index in [1.54, 1.807) is 4.90 Å². The molecule has 0 aromatic rings. The Hall–Kier alpha value is -11.2. The molecule has 44 heteroatoms. The van der Waals surface area contributed by atoms with Crippen LogP contribution in [0.3, 0.4) is 0 Å². The maximum atomic E-state index is 14.5. The Morgan fingerprint density at radius 2 is 0.488 bits per heavy atom. The zero-order valence-electron chi connectivity index (χ0n) is 73.4. The number of carboxylic acids is 1. The minimum atomic E-state index is -1.24. The summed E-state index contributed by atoms with van der Waals surface area (Å²) in [6.45, 7) is 0.145. The molecule has 13 fully saturated rings. The van der Waals surface area contributed by atoms with Crippen molar-refractivity contribution in [2.75, 3.05) is 137 Å². The molecule has 13 aliphatic heterocycles. The number of amides is 20. The van der Waals surface area contributed by atoms with E-state index < -0.39 is 236 Å². The lowest BCUT2D eigenvalue weighted by molar-refractivity contribution is -0.148. The van der Waals surface area contributed by atoms with Crippen molar-refractivity contribution in [3.05, 3.63) is 0 Å². The number of rotatable bonds is 33. The van der Waals surface area contributed by atoms with Crippen LogP contribution >= 0.6 is 0 Å². The first kappa shape index (κ1) is 95.4. The van der Waals surface area contributed by atoms with E-state index in [1.807, 2.05) is 0 Å². The quantitative estimate of drug-likeness (QED) is 0.0272. The van der Waals surface area contributed by atoms with Crippen molar-refractivity contribution < 1.29 is 106 Å². The van der Waals surface area contributed by atoms with Gasteiger partial charge in [0.1, 0.15) is 85.1 Å². The molecule has 13 rings (SSSR count). The van der Waals surface area contributed by atoms with Gasteiger partial charge in [0.05, 0.1) is 45.3 Å². The highest BCUT2D eigenvalue weighted by Crippen LogP contribution is 2.33. The number of carbonyl (C=O) groups is 21. The standard InChI is InChI=1S/C85H126N22O22/c86-30-2-1-16-51(72(116)88-44-66(109)97-33-11-25-60(97)81(125)104-40-7-20-55(104)75(119)91-47-69(112)100-36-14-28-63(100)84(128)106-42-9-22-57(106)77(121)93-49-70(113)101-37-15-29-64(101)85(129)107-43-10-23-58(107)78(122)94-50-71(114)115)95-79(123)59-24-4-32-96(59)65(108)45-89-74(118)54-19-6-39-103(54)82(126)62-27-13-35-99(62)68(111)48-92-76(120)56-21-8-41-105(56)83(127)61-26-12-34-98(61)67(110)46-90-73(117)53-18-5-38-102(53)80(124)52-17-3-31-87-52/h51-64,87H,1-50,86H2,(H,88,116)(H,89,118)(H,90,117)(H,91,119)(H,92,120)(H,93,121)(H,94,122)(H,95,123)(H,114,115)/t51-,52-,53-,54-,55-,56-,57-,58-,59-,60-,61-,62-,63-,64-/m0/s1. The third-order valence-corrected chi connectivity index (χ3v) is 28.0. The van der Waals surface area contributed by atoms with E-state index in [9.17, 15) is 101 Å². The van der Waals surface area contributed by atoms with Gasteiger partial charge in [-0.05, 0) is 199 Å². The SMILES string of the molecule is NCCCC[C@H](NC(=O)[C@@H]1CCCN1C(=O)CNC(=O)[C@@H]1CCCN1C(=O)[C@@H]1CCCN1C(=O)CNC(=O)[C@@H]1CCCN1C(=O)[C@@H]1CCCN1C(=O)CNC(=O)[C@@H]1CCCN1C(=O)[C@@H]1CCCN1)C(=O)NCC(=O)N1CCC[C@H]1C(=O)N1CCC[C@H]1C(=O)NCC(=O)N1CCC[C@H]1C(=O)N1CCC[C@H]1C(=O)NCC(=O)N1CCC[C@H]1C(=O)N1CCC[C@H]1C(=O)NCC(=O)O. The van der Waals surface area contributed by atoms with E-state index in [0.29, 0.717) is 135 Å². The monoisotopic (exact) mass is 1810 g/mol. The van der Waals surface area contributed by atoms with E-state index >= 15 is 0 Å². The molecular formula is C85H126N22O22. The maximum Gasteiger partial charge on any atom is 0.322 e. The number of unbranched alkanes of at least 4 members (excludes halogenated alkanes) is 1. The van der Waals surface area contributed by atoms with E-state index in [0.717, 1.165) is 13.0 Å². The van der Waals surface area contributed by atoms with Gasteiger partial charge in [-0.1, -0.05) is 0 Å². The van der Waals surface area contributed by atoms with Crippen molar-refractivity contribution in [2.45, 2.75) is 271 Å². The van der Waals surface area contributed by atoms with Crippen LogP contribution in [0.1, 0.15) is 186 Å². The Kier molecular flexibility index (Phi) is 32.5. The number of aliphatic carboxylic acids is 1. The molecule has 13 aliphatic rings. The topological polar surface area (TPSA) is 552 Å².